The molecule has 2 rings (SSSR count). The van der Waals surface area contributed by atoms with Crippen molar-refractivity contribution < 1.29 is 4.79 Å². The second-order valence-corrected chi connectivity index (χ2v) is 6.04. The van der Waals surface area contributed by atoms with Crippen LogP contribution in [0.4, 0.5) is 5.69 Å². The third kappa shape index (κ3) is 2.97. The van der Waals surface area contributed by atoms with Crippen molar-refractivity contribution in [2.24, 2.45) is 5.92 Å². The topological polar surface area (TPSA) is 46.3 Å². The van der Waals surface area contributed by atoms with Crippen molar-refractivity contribution in [1.82, 2.24) is 4.90 Å². The van der Waals surface area contributed by atoms with Gasteiger partial charge in [-0.05, 0) is 50.2 Å². The fourth-order valence-corrected chi connectivity index (χ4v) is 3.16. The third-order valence-corrected chi connectivity index (χ3v) is 4.82. The number of aryl methyl sites for hydroxylation is 1. The van der Waals surface area contributed by atoms with Crippen LogP contribution in [0, 0.1) is 12.8 Å². The number of para-hydroxylation sites is 1. The Morgan fingerprint density at radius 3 is 2.55 bits per heavy atom. The summed E-state index contributed by atoms with van der Waals surface area (Å²) in [4.78, 5) is 14.5. The van der Waals surface area contributed by atoms with Crippen LogP contribution in [0.1, 0.15) is 54.9 Å². The molecule has 3 heteroatoms. The SMILES string of the molecule is CCC1CCC(N(C)C(=O)c2cccc(C)c2N)CC1. The molecule has 1 aromatic carbocycles. The van der Waals surface area contributed by atoms with Gasteiger partial charge in [0, 0.05) is 18.8 Å². The van der Waals surface area contributed by atoms with Crippen molar-refractivity contribution in [3.05, 3.63) is 29.3 Å². The molecule has 20 heavy (non-hydrogen) atoms. The molecule has 110 valence electrons. The molecule has 3 nitrogen and oxygen atoms in total. The van der Waals surface area contributed by atoms with Crippen LogP contribution >= 0.6 is 0 Å². The molecule has 1 saturated carbocycles. The number of carbonyl (C=O) groups is 1. The molecule has 0 spiro atoms. The molecular weight excluding hydrogens is 248 g/mol. The summed E-state index contributed by atoms with van der Waals surface area (Å²) in [5.74, 6) is 0.907. The lowest BCUT2D eigenvalue weighted by molar-refractivity contribution is 0.0675. The van der Waals surface area contributed by atoms with Gasteiger partial charge in [0.25, 0.3) is 5.91 Å². The molecule has 1 amide bonds. The summed E-state index contributed by atoms with van der Waals surface area (Å²) in [5.41, 5.74) is 8.28. The van der Waals surface area contributed by atoms with Crippen molar-refractivity contribution in [2.45, 2.75) is 52.0 Å². The van der Waals surface area contributed by atoms with Crippen LogP contribution in [0.5, 0.6) is 0 Å². The molecule has 0 unspecified atom stereocenters. The Kier molecular flexibility index (Phi) is 4.69. The highest BCUT2D eigenvalue weighted by Gasteiger charge is 2.27. The first-order valence-corrected chi connectivity index (χ1v) is 7.66. The summed E-state index contributed by atoms with van der Waals surface area (Å²) in [6.45, 7) is 4.20. The van der Waals surface area contributed by atoms with Gasteiger partial charge in [-0.3, -0.25) is 4.79 Å². The molecule has 0 atom stereocenters. The van der Waals surface area contributed by atoms with Crippen LogP contribution in [0.25, 0.3) is 0 Å². The second kappa shape index (κ2) is 6.29. The van der Waals surface area contributed by atoms with E-state index in [2.05, 4.69) is 6.92 Å². The van der Waals surface area contributed by atoms with Gasteiger partial charge in [0.1, 0.15) is 0 Å². The van der Waals surface area contributed by atoms with Gasteiger partial charge in [-0.15, -0.1) is 0 Å². The lowest BCUT2D eigenvalue weighted by Crippen LogP contribution is -2.39. The number of benzene rings is 1. The zero-order chi connectivity index (χ0) is 14.7. The van der Waals surface area contributed by atoms with Gasteiger partial charge in [0.2, 0.25) is 0 Å². The maximum atomic E-state index is 12.6. The molecule has 0 heterocycles. The molecule has 0 radical (unpaired) electrons. The minimum absolute atomic E-state index is 0.0612. The van der Waals surface area contributed by atoms with Gasteiger partial charge in [-0.1, -0.05) is 25.5 Å². The first-order valence-electron chi connectivity index (χ1n) is 7.66. The summed E-state index contributed by atoms with van der Waals surface area (Å²) >= 11 is 0. The molecule has 0 saturated heterocycles. The zero-order valence-corrected chi connectivity index (χ0v) is 12.9. The predicted octanol–water partition coefficient (Wildman–Crippen LogP) is 3.62. The summed E-state index contributed by atoms with van der Waals surface area (Å²) < 4.78 is 0. The number of anilines is 1. The minimum atomic E-state index is 0.0612. The Morgan fingerprint density at radius 1 is 1.30 bits per heavy atom. The van der Waals surface area contributed by atoms with Gasteiger partial charge in [-0.2, -0.15) is 0 Å². The van der Waals surface area contributed by atoms with E-state index in [4.69, 9.17) is 5.73 Å². The first-order chi connectivity index (χ1) is 9.54. The van der Waals surface area contributed by atoms with Gasteiger partial charge in [-0.25, -0.2) is 0 Å². The highest BCUT2D eigenvalue weighted by atomic mass is 16.2. The van der Waals surface area contributed by atoms with Gasteiger partial charge in [0.05, 0.1) is 5.56 Å². The molecule has 2 N–H and O–H groups in total. The first kappa shape index (κ1) is 14.9. The number of nitrogens with two attached hydrogens (primary N) is 1. The number of amides is 1. The van der Waals surface area contributed by atoms with Crippen molar-refractivity contribution in [3.63, 3.8) is 0 Å². The van der Waals surface area contributed by atoms with Crippen molar-refractivity contribution in [3.8, 4) is 0 Å². The number of hydrogen-bond donors (Lipinski definition) is 1. The average Bonchev–Trinajstić information content (AvgIpc) is 2.48. The van der Waals surface area contributed by atoms with Gasteiger partial charge < -0.3 is 10.6 Å². The summed E-state index contributed by atoms with van der Waals surface area (Å²) in [6.07, 6.45) is 5.97. The highest BCUT2D eigenvalue weighted by Crippen LogP contribution is 2.30. The second-order valence-electron chi connectivity index (χ2n) is 6.04. The van der Waals surface area contributed by atoms with E-state index in [1.165, 1.54) is 19.3 Å². The molecular formula is C17H26N2O. The van der Waals surface area contributed by atoms with E-state index in [1.807, 2.05) is 37.1 Å². The number of nitrogen functional groups attached to an aromatic ring is 1. The molecule has 1 aliphatic carbocycles. The predicted molar refractivity (Wildman–Crippen MR) is 83.7 cm³/mol. The Hall–Kier alpha value is -1.51. The third-order valence-electron chi connectivity index (χ3n) is 4.82. The van der Waals surface area contributed by atoms with Crippen LogP contribution in [-0.4, -0.2) is 23.9 Å². The normalized spacial score (nSPS) is 22.6. The maximum absolute atomic E-state index is 12.6. The quantitative estimate of drug-likeness (QED) is 0.856. The van der Waals surface area contributed by atoms with E-state index < -0.39 is 0 Å². The van der Waals surface area contributed by atoms with Crippen LogP contribution in [0.15, 0.2) is 18.2 Å². The largest absolute Gasteiger partial charge is 0.398 e. The van der Waals surface area contributed by atoms with E-state index in [0.717, 1.165) is 24.3 Å². The molecule has 1 aliphatic rings. The summed E-state index contributed by atoms with van der Waals surface area (Å²) in [7, 11) is 1.92. The maximum Gasteiger partial charge on any atom is 0.255 e. The smallest absolute Gasteiger partial charge is 0.255 e. The average molecular weight is 274 g/mol. The lowest BCUT2D eigenvalue weighted by atomic mass is 9.84. The fourth-order valence-electron chi connectivity index (χ4n) is 3.16. The number of hydrogen-bond acceptors (Lipinski definition) is 2. The van der Waals surface area contributed by atoms with Gasteiger partial charge >= 0.3 is 0 Å². The fraction of sp³-hybridized carbons (Fsp3) is 0.588. The van der Waals surface area contributed by atoms with E-state index in [1.54, 1.807) is 0 Å². The van der Waals surface area contributed by atoms with E-state index in [0.29, 0.717) is 17.3 Å². The summed E-state index contributed by atoms with van der Waals surface area (Å²) in [6, 6.07) is 6.04. The molecule has 0 bridgehead atoms. The van der Waals surface area contributed by atoms with Crippen LogP contribution in [0.2, 0.25) is 0 Å². The lowest BCUT2D eigenvalue weighted by Gasteiger charge is -2.34. The Morgan fingerprint density at radius 2 is 1.95 bits per heavy atom. The number of rotatable bonds is 3. The molecule has 0 aliphatic heterocycles. The Bertz CT molecular complexity index is 476. The molecule has 0 aromatic heterocycles. The van der Waals surface area contributed by atoms with Crippen molar-refractivity contribution >= 4 is 11.6 Å². The van der Waals surface area contributed by atoms with Gasteiger partial charge in [0.15, 0.2) is 0 Å². The number of carbonyl (C=O) groups excluding carboxylic acids is 1. The molecule has 1 fully saturated rings. The standard InChI is InChI=1S/C17H26N2O/c1-4-13-8-10-14(11-9-13)19(3)17(20)15-7-5-6-12(2)16(15)18/h5-7,13-14H,4,8-11,18H2,1-3H3. The van der Waals surface area contributed by atoms with E-state index in [-0.39, 0.29) is 5.91 Å². The summed E-state index contributed by atoms with van der Waals surface area (Å²) in [5, 5.41) is 0. The van der Waals surface area contributed by atoms with Crippen molar-refractivity contribution in [1.29, 1.82) is 0 Å². The molecule has 1 aromatic rings. The van der Waals surface area contributed by atoms with Crippen LogP contribution in [0.3, 0.4) is 0 Å². The number of nitrogens with zero attached hydrogens (tertiary/aromatic N) is 1. The Labute approximate surface area is 122 Å². The van der Waals surface area contributed by atoms with E-state index in [9.17, 15) is 4.79 Å². The van der Waals surface area contributed by atoms with E-state index >= 15 is 0 Å². The minimum Gasteiger partial charge on any atom is -0.398 e. The highest BCUT2D eigenvalue weighted by molar-refractivity contribution is 5.99. The zero-order valence-electron chi connectivity index (χ0n) is 12.9. The Balaban J connectivity index is 2.07. The van der Waals surface area contributed by atoms with Crippen LogP contribution in [-0.2, 0) is 0 Å². The van der Waals surface area contributed by atoms with Crippen molar-refractivity contribution in [2.75, 3.05) is 12.8 Å². The van der Waals surface area contributed by atoms with Crippen LogP contribution < -0.4 is 5.73 Å². The monoisotopic (exact) mass is 274 g/mol.